The fourth-order valence-electron chi connectivity index (χ4n) is 2.15. The van der Waals surface area contributed by atoms with Gasteiger partial charge in [0, 0.05) is 6.16 Å². The molecule has 0 radical (unpaired) electrons. The van der Waals surface area contributed by atoms with E-state index in [-0.39, 0.29) is 7.92 Å². The molecular formula is C19H22PS+. The first-order valence-corrected chi connectivity index (χ1v) is 9.41. The third kappa shape index (κ3) is 4.88. The second-order valence-electron chi connectivity index (χ2n) is 4.78. The second kappa shape index (κ2) is 8.87. The lowest BCUT2D eigenvalue weighted by molar-refractivity contribution is 1.42. The van der Waals surface area contributed by atoms with Crippen LogP contribution in [0, 0.1) is 0 Å². The van der Waals surface area contributed by atoms with Crippen molar-refractivity contribution in [1.29, 1.82) is 0 Å². The number of benzene rings is 2. The van der Waals surface area contributed by atoms with Crippen molar-refractivity contribution in [2.24, 2.45) is 0 Å². The first-order chi connectivity index (χ1) is 10.3. The summed E-state index contributed by atoms with van der Waals surface area (Å²) in [7, 11) is -0.346. The topological polar surface area (TPSA) is 0 Å². The van der Waals surface area contributed by atoms with Gasteiger partial charge in [0.1, 0.15) is 5.75 Å². The molecule has 0 aliphatic heterocycles. The second-order valence-corrected chi connectivity index (χ2v) is 7.34. The van der Waals surface area contributed by atoms with Crippen LogP contribution in [0.25, 0.3) is 0 Å². The Balaban J connectivity index is 2.33. The van der Waals surface area contributed by atoms with E-state index in [2.05, 4.69) is 98.4 Å². The minimum atomic E-state index is -0.346. The van der Waals surface area contributed by atoms with E-state index >= 15 is 0 Å². The molecule has 0 bridgehead atoms. The first-order valence-electron chi connectivity index (χ1n) is 7.18. The monoisotopic (exact) mass is 313 g/mol. The molecule has 0 aliphatic carbocycles. The summed E-state index contributed by atoms with van der Waals surface area (Å²) in [5, 5.41) is 2.87. The zero-order valence-electron chi connectivity index (χ0n) is 12.4. The average molecular weight is 313 g/mol. The Morgan fingerprint density at radius 3 is 1.90 bits per heavy atom. The third-order valence-electron chi connectivity index (χ3n) is 3.25. The highest BCUT2D eigenvalue weighted by Crippen LogP contribution is 2.35. The lowest BCUT2D eigenvalue weighted by Crippen LogP contribution is -2.15. The van der Waals surface area contributed by atoms with Crippen LogP contribution in [0.1, 0.15) is 6.92 Å². The molecule has 0 N–H and O–H groups in total. The molecule has 0 fully saturated rings. The fraction of sp³-hybridized carbons (Fsp3) is 0.158. The van der Waals surface area contributed by atoms with E-state index in [1.165, 1.54) is 16.2 Å². The molecule has 0 amide bonds. The van der Waals surface area contributed by atoms with Gasteiger partial charge in [-0.15, -0.1) is 0 Å². The van der Waals surface area contributed by atoms with Crippen LogP contribution in [0.2, 0.25) is 0 Å². The Morgan fingerprint density at radius 1 is 0.952 bits per heavy atom. The highest BCUT2D eigenvalue weighted by molar-refractivity contribution is 7.73. The van der Waals surface area contributed by atoms with E-state index in [9.17, 15) is 0 Å². The highest BCUT2D eigenvalue weighted by Gasteiger charge is 2.15. The molecule has 2 aromatic rings. The van der Waals surface area contributed by atoms with Crippen molar-refractivity contribution in [1.82, 2.24) is 0 Å². The summed E-state index contributed by atoms with van der Waals surface area (Å²) < 4.78 is 0. The predicted molar refractivity (Wildman–Crippen MR) is 102 cm³/mol. The van der Waals surface area contributed by atoms with E-state index in [0.29, 0.717) is 0 Å². The minimum absolute atomic E-state index is 0.346. The quantitative estimate of drug-likeness (QED) is 0.434. The van der Waals surface area contributed by atoms with Gasteiger partial charge in [0.2, 0.25) is 0 Å². The number of hydrogen-bond donors (Lipinski definition) is 0. The molecule has 0 heterocycles. The van der Waals surface area contributed by atoms with Gasteiger partial charge in [0.25, 0.3) is 0 Å². The molecule has 0 nitrogen and oxygen atoms in total. The van der Waals surface area contributed by atoms with Crippen molar-refractivity contribution < 1.29 is 0 Å². The molecule has 108 valence electrons. The molecule has 0 atom stereocenters. The average Bonchev–Trinajstić information content (AvgIpc) is 2.57. The fourth-order valence-corrected chi connectivity index (χ4v) is 4.95. The van der Waals surface area contributed by atoms with Crippen molar-refractivity contribution in [2.45, 2.75) is 6.92 Å². The van der Waals surface area contributed by atoms with E-state index in [1.54, 1.807) is 0 Å². The Hall–Kier alpha value is -1.30. The molecule has 2 aromatic carbocycles. The van der Waals surface area contributed by atoms with E-state index < -0.39 is 0 Å². The lowest BCUT2D eigenvalue weighted by atomic mass is 10.3. The maximum atomic E-state index is 3.68. The van der Waals surface area contributed by atoms with Gasteiger partial charge in [0.05, 0.1) is 0 Å². The van der Waals surface area contributed by atoms with Gasteiger partial charge >= 0.3 is 0 Å². The SMILES string of the molecule is C/C=C\C=C(/C[SH2+])CP(c1ccccc1)c1ccccc1. The van der Waals surface area contributed by atoms with Gasteiger partial charge in [-0.05, 0) is 43.7 Å². The molecule has 0 unspecified atom stereocenters. The van der Waals surface area contributed by atoms with Crippen LogP contribution in [-0.4, -0.2) is 11.9 Å². The van der Waals surface area contributed by atoms with E-state index in [4.69, 9.17) is 0 Å². The maximum absolute atomic E-state index is 3.68. The minimum Gasteiger partial charge on any atom is -0.0877 e. The summed E-state index contributed by atoms with van der Waals surface area (Å²) in [5.74, 6) is 0.919. The summed E-state index contributed by atoms with van der Waals surface area (Å²) in [6, 6.07) is 21.7. The van der Waals surface area contributed by atoms with Crippen molar-refractivity contribution in [3.63, 3.8) is 0 Å². The van der Waals surface area contributed by atoms with Crippen LogP contribution in [0.5, 0.6) is 0 Å². The third-order valence-corrected chi connectivity index (χ3v) is 6.27. The largest absolute Gasteiger partial charge is 0.125 e. The molecule has 0 saturated heterocycles. The molecule has 0 aliphatic rings. The van der Waals surface area contributed by atoms with E-state index in [0.717, 1.165) is 11.9 Å². The van der Waals surface area contributed by atoms with Gasteiger partial charge in [-0.1, -0.05) is 78.9 Å². The molecule has 0 spiro atoms. The number of hydrogen-bond acceptors (Lipinski definition) is 0. The summed E-state index contributed by atoms with van der Waals surface area (Å²) in [6.07, 6.45) is 7.53. The molecular weight excluding hydrogens is 291 g/mol. The summed E-state index contributed by atoms with van der Waals surface area (Å²) in [5.41, 5.74) is 1.43. The van der Waals surface area contributed by atoms with Gasteiger partial charge in [-0.2, -0.15) is 0 Å². The summed E-state index contributed by atoms with van der Waals surface area (Å²) in [6.45, 7) is 2.05. The Kier molecular flexibility index (Phi) is 6.79. The number of rotatable bonds is 6. The summed E-state index contributed by atoms with van der Waals surface area (Å²) in [4.78, 5) is 0. The van der Waals surface area contributed by atoms with E-state index in [1.807, 2.05) is 0 Å². The van der Waals surface area contributed by atoms with Gasteiger partial charge < -0.3 is 0 Å². The lowest BCUT2D eigenvalue weighted by Gasteiger charge is -2.19. The Bertz CT molecular complexity index is 548. The Morgan fingerprint density at radius 2 is 1.48 bits per heavy atom. The van der Waals surface area contributed by atoms with Crippen molar-refractivity contribution in [3.05, 3.63) is 84.5 Å². The summed E-state index contributed by atoms with van der Waals surface area (Å²) >= 11 is 3.68. The van der Waals surface area contributed by atoms with Crippen LogP contribution in [-0.2, 0) is 12.6 Å². The van der Waals surface area contributed by atoms with Crippen molar-refractivity contribution >= 4 is 31.2 Å². The van der Waals surface area contributed by atoms with Crippen LogP contribution >= 0.6 is 7.92 Å². The molecule has 2 rings (SSSR count). The molecule has 0 aromatic heterocycles. The highest BCUT2D eigenvalue weighted by atomic mass is 32.1. The van der Waals surface area contributed by atoms with Crippen molar-refractivity contribution in [2.75, 3.05) is 11.9 Å². The van der Waals surface area contributed by atoms with Crippen LogP contribution in [0.15, 0.2) is 84.5 Å². The Labute approximate surface area is 134 Å². The van der Waals surface area contributed by atoms with Crippen LogP contribution in [0.3, 0.4) is 0 Å². The number of allylic oxidation sites excluding steroid dienone is 3. The zero-order chi connectivity index (χ0) is 14.9. The standard InChI is InChI=1S/C19H21PS/c1-2-3-10-17(16-21)15-20(18-11-6-4-7-12-18)19-13-8-5-9-14-19/h2-14,21H,15-16H2,1H3/p+1/b3-2-,17-10-. The van der Waals surface area contributed by atoms with Crippen molar-refractivity contribution in [3.8, 4) is 0 Å². The maximum Gasteiger partial charge on any atom is 0.125 e. The zero-order valence-corrected chi connectivity index (χ0v) is 14.3. The molecule has 0 saturated carbocycles. The predicted octanol–water partition coefficient (Wildman–Crippen LogP) is 3.63. The van der Waals surface area contributed by atoms with Gasteiger partial charge in [-0.25, -0.2) is 0 Å². The van der Waals surface area contributed by atoms with Crippen LogP contribution < -0.4 is 10.6 Å². The molecule has 21 heavy (non-hydrogen) atoms. The molecule has 2 heteroatoms. The normalized spacial score (nSPS) is 12.2. The van der Waals surface area contributed by atoms with Gasteiger partial charge in [-0.3, -0.25) is 0 Å². The van der Waals surface area contributed by atoms with Gasteiger partial charge in [0.15, 0.2) is 0 Å². The smallest absolute Gasteiger partial charge is 0.0877 e. The first kappa shape index (κ1) is 16.1. The van der Waals surface area contributed by atoms with Crippen LogP contribution in [0.4, 0.5) is 0 Å².